The molecule has 3 heterocycles. The second kappa shape index (κ2) is 28.7. The lowest BCUT2D eigenvalue weighted by Crippen LogP contribution is -2.56. The number of rotatable bonds is 30. The number of carbonyl (C=O) groups excluding carboxylic acids is 11. The minimum Gasteiger partial charge on any atom is -0.387 e. The van der Waals surface area contributed by atoms with E-state index in [1.165, 1.54) is 24.2 Å². The number of imide groups is 1. The molecule has 2 aromatic heterocycles. The number of aromatic nitrogens is 2. The lowest BCUT2D eigenvalue weighted by atomic mass is 9.82. The Morgan fingerprint density at radius 3 is 2.05 bits per heavy atom. The van der Waals surface area contributed by atoms with Crippen molar-refractivity contribution in [3.8, 4) is 11.1 Å². The number of ketones is 2. The molecule has 0 fully saturated rings. The van der Waals surface area contributed by atoms with Gasteiger partial charge in [0.25, 0.3) is 11.8 Å². The Kier molecular flexibility index (Phi) is 22.3. The molecule has 0 unspecified atom stereocenters. The second-order valence-corrected chi connectivity index (χ2v) is 20.4. The standard InChI is InChI=1S/C56H66F2N10O12/c1-33(63-48(74)23-34-16-20-61-21-17-34)45(71)25-36(26-46(59)72)53(78)65-43(28-47(60)73)55(80)64-42(54(79)62-19-8-11-39(70)31-68-49(75)14-15-50(68)76)18-22-67(51(77)32-69)52(56(2,3)4)44-24-37(40-27-38(57)12-13-41(40)58)30-66(44)29-35-9-6-5-7-10-35/h5-7,9-10,12-17,20-21,24,27,30,33,36,42-43,52,69H,8,11,18-19,22-23,25-26,28-29,31-32H2,1-4H3,(H2,59,72)(H2,60,73)(H,62,79)(H,63,74)(H,64,80)(H,65,78)/t33-,36+,42-,43-,52-/m0/s1. The molecule has 5 atom stereocenters. The first kappa shape index (κ1) is 62.0. The van der Waals surface area contributed by atoms with Gasteiger partial charge in [0.2, 0.25) is 41.4 Å². The highest BCUT2D eigenvalue weighted by Gasteiger charge is 2.39. The van der Waals surface area contributed by atoms with Crippen molar-refractivity contribution < 1.29 is 66.6 Å². The average molecular weight is 1110 g/mol. The fourth-order valence-corrected chi connectivity index (χ4v) is 9.05. The number of halogens is 2. The number of primary amides is 2. The summed E-state index contributed by atoms with van der Waals surface area (Å²) in [6.07, 6.45) is 3.58. The lowest BCUT2D eigenvalue weighted by molar-refractivity contribution is -0.141. The summed E-state index contributed by atoms with van der Waals surface area (Å²) >= 11 is 0. The van der Waals surface area contributed by atoms with Gasteiger partial charge in [0.05, 0.1) is 37.4 Å². The van der Waals surface area contributed by atoms with Crippen LogP contribution < -0.4 is 32.7 Å². The van der Waals surface area contributed by atoms with Crippen LogP contribution in [0.15, 0.2) is 97.5 Å². The number of Topliss-reactive ketones (excluding diaryl/α,β-unsaturated/α-hetero) is 2. The number of nitrogens with one attached hydrogen (secondary N) is 4. The molecular formula is C56H66F2N10O12. The molecule has 426 valence electrons. The van der Waals surface area contributed by atoms with E-state index in [-0.39, 0.29) is 43.5 Å². The van der Waals surface area contributed by atoms with E-state index in [1.807, 2.05) is 18.2 Å². The van der Waals surface area contributed by atoms with Crippen LogP contribution in [0.5, 0.6) is 0 Å². The topological polar surface area (TPSA) is 332 Å². The summed E-state index contributed by atoms with van der Waals surface area (Å²) < 4.78 is 31.8. The highest BCUT2D eigenvalue weighted by Crippen LogP contribution is 2.41. The SMILES string of the molecule is C[C@H](NC(=O)Cc1ccncc1)C(=O)C[C@H](CC(N)=O)C(=O)N[C@@H](CC(N)=O)C(=O)N[C@@H](CCN(C(=O)CO)[C@@H](c1cc(-c2cc(F)ccc2F)cn1Cc1ccccc1)C(C)(C)C)C(=O)NCCCC(=O)CN1C(=O)C=CC1=O. The third kappa shape index (κ3) is 18.1. The van der Waals surface area contributed by atoms with E-state index in [1.54, 1.807) is 61.9 Å². The van der Waals surface area contributed by atoms with Crippen LogP contribution in [0, 0.1) is 23.0 Å². The molecule has 0 bridgehead atoms. The highest BCUT2D eigenvalue weighted by atomic mass is 19.1. The van der Waals surface area contributed by atoms with Crippen molar-refractivity contribution in [1.82, 2.24) is 40.6 Å². The zero-order valence-electron chi connectivity index (χ0n) is 44.7. The molecule has 22 nitrogen and oxygen atoms in total. The van der Waals surface area contributed by atoms with Crippen molar-refractivity contribution in [2.45, 2.75) is 103 Å². The highest BCUT2D eigenvalue weighted by molar-refractivity contribution is 6.14. The summed E-state index contributed by atoms with van der Waals surface area (Å²) in [4.78, 5) is 150. The first-order chi connectivity index (χ1) is 37.8. The van der Waals surface area contributed by atoms with Crippen LogP contribution in [-0.4, -0.2) is 134 Å². The van der Waals surface area contributed by atoms with Gasteiger partial charge in [-0.15, -0.1) is 0 Å². The van der Waals surface area contributed by atoms with Gasteiger partial charge in [-0.25, -0.2) is 8.78 Å². The van der Waals surface area contributed by atoms with Gasteiger partial charge in [0.15, 0.2) is 11.6 Å². The monoisotopic (exact) mass is 1110 g/mol. The fraction of sp³-hybridized carbons (Fsp3) is 0.393. The molecule has 9 amide bonds. The number of aliphatic hydroxyl groups is 1. The maximum absolute atomic E-state index is 15.4. The second-order valence-electron chi connectivity index (χ2n) is 20.4. The van der Waals surface area contributed by atoms with Gasteiger partial charge < -0.3 is 47.3 Å². The summed E-state index contributed by atoms with van der Waals surface area (Å²) in [5.74, 6) is -12.2. The number of nitrogens with two attached hydrogens (primary N) is 2. The molecule has 0 saturated heterocycles. The molecule has 24 heteroatoms. The first-order valence-corrected chi connectivity index (χ1v) is 25.7. The Labute approximate surface area is 460 Å². The number of pyridine rings is 1. The Bertz CT molecular complexity index is 2960. The summed E-state index contributed by atoms with van der Waals surface area (Å²) in [7, 11) is 0. The van der Waals surface area contributed by atoms with E-state index in [4.69, 9.17) is 11.5 Å². The molecule has 1 aliphatic heterocycles. The number of aliphatic hydroxyl groups excluding tert-OH is 1. The predicted molar refractivity (Wildman–Crippen MR) is 284 cm³/mol. The molecule has 80 heavy (non-hydrogen) atoms. The van der Waals surface area contributed by atoms with E-state index < -0.39 is 157 Å². The quantitative estimate of drug-likeness (QED) is 0.0289. The molecule has 0 saturated carbocycles. The first-order valence-electron chi connectivity index (χ1n) is 25.7. The van der Waals surface area contributed by atoms with Gasteiger partial charge >= 0.3 is 0 Å². The van der Waals surface area contributed by atoms with Crippen molar-refractivity contribution >= 4 is 64.7 Å². The van der Waals surface area contributed by atoms with Crippen LogP contribution in [0.1, 0.15) is 89.1 Å². The summed E-state index contributed by atoms with van der Waals surface area (Å²) in [6.45, 7) is 4.72. The third-order valence-electron chi connectivity index (χ3n) is 13.0. The summed E-state index contributed by atoms with van der Waals surface area (Å²) in [5, 5.41) is 20.5. The lowest BCUT2D eigenvalue weighted by Gasteiger charge is -2.41. The normalized spacial score (nSPS) is 14.1. The molecule has 1 aliphatic rings. The summed E-state index contributed by atoms with van der Waals surface area (Å²) in [6, 6.07) is 11.2. The molecule has 0 spiro atoms. The molecule has 5 rings (SSSR count). The minimum atomic E-state index is -1.86. The number of hydrogen-bond acceptors (Lipinski definition) is 13. The van der Waals surface area contributed by atoms with Crippen LogP contribution in [0.4, 0.5) is 8.78 Å². The zero-order valence-corrected chi connectivity index (χ0v) is 44.7. The van der Waals surface area contributed by atoms with Crippen molar-refractivity contribution in [2.75, 3.05) is 26.2 Å². The Morgan fingerprint density at radius 2 is 1.43 bits per heavy atom. The maximum atomic E-state index is 15.4. The largest absolute Gasteiger partial charge is 0.387 e. The molecule has 4 aromatic rings. The predicted octanol–water partition coefficient (Wildman–Crippen LogP) is 1.61. The third-order valence-corrected chi connectivity index (χ3v) is 13.0. The van der Waals surface area contributed by atoms with Gasteiger partial charge in [-0.2, -0.15) is 0 Å². The van der Waals surface area contributed by atoms with E-state index in [9.17, 15) is 62.2 Å². The van der Waals surface area contributed by atoms with E-state index in [0.29, 0.717) is 11.3 Å². The van der Waals surface area contributed by atoms with E-state index in [0.717, 1.165) is 40.8 Å². The van der Waals surface area contributed by atoms with Crippen LogP contribution in [0.2, 0.25) is 0 Å². The van der Waals surface area contributed by atoms with Gasteiger partial charge in [-0.1, -0.05) is 51.1 Å². The molecular weight excluding hydrogens is 1040 g/mol. The molecule has 9 N–H and O–H groups in total. The van der Waals surface area contributed by atoms with Crippen LogP contribution >= 0.6 is 0 Å². The van der Waals surface area contributed by atoms with Gasteiger partial charge in [0.1, 0.15) is 30.3 Å². The van der Waals surface area contributed by atoms with Crippen LogP contribution in [0.25, 0.3) is 11.1 Å². The zero-order chi connectivity index (χ0) is 58.8. The van der Waals surface area contributed by atoms with Gasteiger partial charge in [-0.05, 0) is 72.7 Å². The number of carbonyl (C=O) groups is 11. The molecule has 2 aromatic carbocycles. The van der Waals surface area contributed by atoms with Crippen molar-refractivity contribution in [2.24, 2.45) is 22.8 Å². The number of hydrogen-bond donors (Lipinski definition) is 7. The summed E-state index contributed by atoms with van der Waals surface area (Å²) in [5.41, 5.74) is 12.0. The fourth-order valence-electron chi connectivity index (χ4n) is 9.05. The van der Waals surface area contributed by atoms with Gasteiger partial charge in [-0.3, -0.25) is 62.6 Å². The van der Waals surface area contributed by atoms with Crippen molar-refractivity contribution in [3.63, 3.8) is 0 Å². The van der Waals surface area contributed by atoms with Crippen LogP contribution in [0.3, 0.4) is 0 Å². The van der Waals surface area contributed by atoms with E-state index in [2.05, 4.69) is 26.3 Å². The van der Waals surface area contributed by atoms with Gasteiger partial charge in [0, 0.05) is 86.5 Å². The number of amides is 9. The number of benzene rings is 2. The van der Waals surface area contributed by atoms with Crippen molar-refractivity contribution in [3.05, 3.63) is 126 Å². The van der Waals surface area contributed by atoms with E-state index >= 15 is 4.39 Å². The van der Waals surface area contributed by atoms with Crippen LogP contribution in [-0.2, 0) is 65.7 Å². The number of nitrogens with zero attached hydrogens (tertiary/aromatic N) is 4. The molecule has 0 aliphatic carbocycles. The average Bonchev–Trinajstić information content (AvgIpc) is 4.10. The Balaban J connectivity index is 1.44. The smallest absolute Gasteiger partial charge is 0.254 e. The Morgan fingerprint density at radius 1 is 0.775 bits per heavy atom. The van der Waals surface area contributed by atoms with Crippen molar-refractivity contribution in [1.29, 1.82) is 0 Å². The minimum absolute atomic E-state index is 0.0177. The Hall–Kier alpha value is -8.80. The molecule has 0 radical (unpaired) electrons. The maximum Gasteiger partial charge on any atom is 0.254 e.